The highest BCUT2D eigenvalue weighted by molar-refractivity contribution is 5.46. The summed E-state index contributed by atoms with van der Waals surface area (Å²) in [5.74, 6) is 0.604. The molecule has 0 saturated carbocycles. The van der Waals surface area contributed by atoms with Crippen LogP contribution in [0, 0.1) is 5.92 Å². The minimum absolute atomic E-state index is 0.134. The molecule has 104 valence electrons. The highest BCUT2D eigenvalue weighted by Gasteiger charge is 2.41. The van der Waals surface area contributed by atoms with Gasteiger partial charge in [0.25, 0.3) is 0 Å². The van der Waals surface area contributed by atoms with E-state index in [1.807, 2.05) is 0 Å². The van der Waals surface area contributed by atoms with Crippen LogP contribution in [0.15, 0.2) is 43.0 Å². The second-order valence-electron chi connectivity index (χ2n) is 6.03. The number of rotatable bonds is 4. The van der Waals surface area contributed by atoms with Crippen LogP contribution in [0.5, 0.6) is 0 Å². The minimum atomic E-state index is 0.134. The molecular weight excluding hydrogens is 232 g/mol. The molecule has 1 heterocycles. The van der Waals surface area contributed by atoms with Gasteiger partial charge >= 0.3 is 0 Å². The molecule has 1 aromatic rings. The number of nitrogens with zero attached hydrogens (tertiary/aromatic N) is 1. The Bertz CT molecular complexity index is 415. The standard InChI is InChI=1S/C17H26N2/c1-5-11-17(18-16-9-7-6-8-10-16)12-15(3)19(4)13-14(17)2/h5-10,14-15,18H,1,11-13H2,2-4H3/t14-,15-,17+/m1/s1. The molecule has 1 N–H and O–H groups in total. The van der Waals surface area contributed by atoms with Crippen LogP contribution in [0.3, 0.4) is 0 Å². The second-order valence-corrected chi connectivity index (χ2v) is 6.03. The van der Waals surface area contributed by atoms with Crippen molar-refractivity contribution in [3.8, 4) is 0 Å². The fraction of sp³-hybridized carbons (Fsp3) is 0.529. The van der Waals surface area contributed by atoms with Crippen LogP contribution in [0.2, 0.25) is 0 Å². The van der Waals surface area contributed by atoms with Crippen molar-refractivity contribution in [2.45, 2.75) is 38.3 Å². The van der Waals surface area contributed by atoms with Crippen molar-refractivity contribution in [1.29, 1.82) is 0 Å². The molecule has 3 atom stereocenters. The maximum absolute atomic E-state index is 3.97. The molecule has 1 saturated heterocycles. The van der Waals surface area contributed by atoms with E-state index in [-0.39, 0.29) is 5.54 Å². The Labute approximate surface area is 117 Å². The Morgan fingerprint density at radius 3 is 2.68 bits per heavy atom. The molecule has 1 aromatic carbocycles. The lowest BCUT2D eigenvalue weighted by molar-refractivity contribution is 0.0928. The van der Waals surface area contributed by atoms with Gasteiger partial charge < -0.3 is 10.2 Å². The van der Waals surface area contributed by atoms with E-state index in [1.54, 1.807) is 0 Å². The van der Waals surface area contributed by atoms with Gasteiger partial charge in [0.15, 0.2) is 0 Å². The fourth-order valence-electron chi connectivity index (χ4n) is 3.25. The molecule has 0 spiro atoms. The highest BCUT2D eigenvalue weighted by atomic mass is 15.2. The first-order chi connectivity index (χ1) is 9.07. The van der Waals surface area contributed by atoms with Crippen LogP contribution in [0.1, 0.15) is 26.7 Å². The molecule has 19 heavy (non-hydrogen) atoms. The quantitative estimate of drug-likeness (QED) is 0.827. The predicted octanol–water partition coefficient (Wildman–Crippen LogP) is 3.77. The third-order valence-corrected chi connectivity index (χ3v) is 4.59. The van der Waals surface area contributed by atoms with Crippen molar-refractivity contribution < 1.29 is 0 Å². The first-order valence-corrected chi connectivity index (χ1v) is 7.22. The van der Waals surface area contributed by atoms with E-state index in [2.05, 4.69) is 74.1 Å². The van der Waals surface area contributed by atoms with E-state index in [9.17, 15) is 0 Å². The van der Waals surface area contributed by atoms with Crippen molar-refractivity contribution >= 4 is 5.69 Å². The van der Waals surface area contributed by atoms with Crippen molar-refractivity contribution in [1.82, 2.24) is 4.90 Å². The van der Waals surface area contributed by atoms with E-state index >= 15 is 0 Å². The molecule has 0 aliphatic carbocycles. The van der Waals surface area contributed by atoms with Crippen LogP contribution in [-0.4, -0.2) is 30.1 Å². The average Bonchev–Trinajstić information content (AvgIpc) is 2.38. The van der Waals surface area contributed by atoms with Crippen molar-refractivity contribution in [2.75, 3.05) is 18.9 Å². The molecule has 0 aromatic heterocycles. The van der Waals surface area contributed by atoms with E-state index in [0.717, 1.165) is 19.4 Å². The number of anilines is 1. The first-order valence-electron chi connectivity index (χ1n) is 7.22. The Balaban J connectivity index is 2.24. The molecule has 0 amide bonds. The summed E-state index contributed by atoms with van der Waals surface area (Å²) >= 11 is 0. The summed E-state index contributed by atoms with van der Waals surface area (Å²) in [7, 11) is 2.22. The molecule has 1 fully saturated rings. The zero-order valence-corrected chi connectivity index (χ0v) is 12.4. The van der Waals surface area contributed by atoms with Gasteiger partial charge in [-0.25, -0.2) is 0 Å². The Morgan fingerprint density at radius 2 is 2.05 bits per heavy atom. The molecule has 2 rings (SSSR count). The van der Waals surface area contributed by atoms with E-state index in [4.69, 9.17) is 0 Å². The van der Waals surface area contributed by atoms with Crippen molar-refractivity contribution in [3.05, 3.63) is 43.0 Å². The van der Waals surface area contributed by atoms with Crippen LogP contribution < -0.4 is 5.32 Å². The van der Waals surface area contributed by atoms with Crippen LogP contribution in [-0.2, 0) is 0 Å². The maximum atomic E-state index is 3.97. The summed E-state index contributed by atoms with van der Waals surface area (Å²) < 4.78 is 0. The smallest absolute Gasteiger partial charge is 0.0460 e. The van der Waals surface area contributed by atoms with Gasteiger partial charge in [0, 0.05) is 23.8 Å². The number of nitrogens with one attached hydrogen (secondary N) is 1. The molecule has 0 unspecified atom stereocenters. The largest absolute Gasteiger partial charge is 0.379 e. The fourth-order valence-corrected chi connectivity index (χ4v) is 3.25. The van der Waals surface area contributed by atoms with Gasteiger partial charge in [0.05, 0.1) is 0 Å². The zero-order valence-electron chi connectivity index (χ0n) is 12.4. The summed E-state index contributed by atoms with van der Waals surface area (Å²) in [5.41, 5.74) is 1.35. The predicted molar refractivity (Wildman–Crippen MR) is 83.5 cm³/mol. The SMILES string of the molecule is C=CC[C@]1(Nc2ccccc2)C[C@@H](C)N(C)C[C@H]1C. The van der Waals surface area contributed by atoms with Crippen molar-refractivity contribution in [2.24, 2.45) is 5.92 Å². The number of benzene rings is 1. The number of para-hydroxylation sites is 1. The normalized spacial score (nSPS) is 31.9. The lowest BCUT2D eigenvalue weighted by atomic mass is 9.73. The van der Waals surface area contributed by atoms with Crippen LogP contribution >= 0.6 is 0 Å². The summed E-state index contributed by atoms with van der Waals surface area (Å²) in [6.07, 6.45) is 4.23. The summed E-state index contributed by atoms with van der Waals surface area (Å²) in [4.78, 5) is 2.46. The van der Waals surface area contributed by atoms with Gasteiger partial charge in [0.1, 0.15) is 0 Å². The Kier molecular flexibility index (Phi) is 4.31. The lowest BCUT2D eigenvalue weighted by Gasteiger charge is -2.49. The molecular formula is C17H26N2. The topological polar surface area (TPSA) is 15.3 Å². The Morgan fingerprint density at radius 1 is 1.37 bits per heavy atom. The highest BCUT2D eigenvalue weighted by Crippen LogP contribution is 2.37. The van der Waals surface area contributed by atoms with Gasteiger partial charge in [-0.15, -0.1) is 6.58 Å². The summed E-state index contributed by atoms with van der Waals surface area (Å²) in [5, 5.41) is 3.80. The lowest BCUT2D eigenvalue weighted by Crippen LogP contribution is -2.57. The van der Waals surface area contributed by atoms with Gasteiger partial charge in [-0.2, -0.15) is 0 Å². The monoisotopic (exact) mass is 258 g/mol. The number of likely N-dealkylation sites (tertiary alicyclic amines) is 1. The van der Waals surface area contributed by atoms with Gasteiger partial charge in [-0.05, 0) is 44.9 Å². The number of hydrogen-bond acceptors (Lipinski definition) is 2. The molecule has 0 radical (unpaired) electrons. The third-order valence-electron chi connectivity index (χ3n) is 4.59. The second kappa shape index (κ2) is 5.79. The van der Waals surface area contributed by atoms with Gasteiger partial charge in [-0.1, -0.05) is 31.2 Å². The van der Waals surface area contributed by atoms with Crippen LogP contribution in [0.4, 0.5) is 5.69 Å². The molecule has 1 aliphatic heterocycles. The average molecular weight is 258 g/mol. The Hall–Kier alpha value is -1.28. The zero-order chi connectivity index (χ0) is 13.9. The first kappa shape index (κ1) is 14.1. The maximum Gasteiger partial charge on any atom is 0.0460 e. The van der Waals surface area contributed by atoms with Gasteiger partial charge in [-0.3, -0.25) is 0 Å². The van der Waals surface area contributed by atoms with Gasteiger partial charge in [0.2, 0.25) is 0 Å². The summed E-state index contributed by atoms with van der Waals surface area (Å²) in [6, 6.07) is 11.2. The van der Waals surface area contributed by atoms with E-state index in [1.165, 1.54) is 5.69 Å². The number of hydrogen-bond donors (Lipinski definition) is 1. The van der Waals surface area contributed by atoms with Crippen molar-refractivity contribution in [3.63, 3.8) is 0 Å². The molecule has 2 heteroatoms. The molecule has 1 aliphatic rings. The van der Waals surface area contributed by atoms with E-state index < -0.39 is 0 Å². The summed E-state index contributed by atoms with van der Waals surface area (Å²) in [6.45, 7) is 9.77. The minimum Gasteiger partial charge on any atom is -0.379 e. The molecule has 2 nitrogen and oxygen atoms in total. The molecule has 0 bridgehead atoms. The van der Waals surface area contributed by atoms with Crippen LogP contribution in [0.25, 0.3) is 0 Å². The number of piperidine rings is 1. The van der Waals surface area contributed by atoms with E-state index in [0.29, 0.717) is 12.0 Å². The third kappa shape index (κ3) is 3.01.